The molecule has 196 valence electrons. The highest BCUT2D eigenvalue weighted by atomic mass is 16.9. The third-order valence-corrected chi connectivity index (χ3v) is 4.72. The zero-order valence-electron chi connectivity index (χ0n) is 19.3. The highest BCUT2D eigenvalue weighted by molar-refractivity contribution is 5.97. The van der Waals surface area contributed by atoms with Crippen LogP contribution in [-0.2, 0) is 16.1 Å². The molecule has 1 atom stereocenters. The van der Waals surface area contributed by atoms with Gasteiger partial charge in [0.15, 0.2) is 17.0 Å². The number of hydrogen-bond acceptors (Lipinski definition) is 12. The summed E-state index contributed by atoms with van der Waals surface area (Å²) in [5, 5.41) is 33.9. The molecule has 8 N–H and O–H groups in total. The molecule has 0 bridgehead atoms. The number of carboxylic acid groups (broad SMARTS) is 2. The van der Waals surface area contributed by atoms with E-state index in [1.165, 1.54) is 12.1 Å². The molecule has 1 amide bonds. The highest BCUT2D eigenvalue weighted by Gasteiger charge is 2.21. The smallest absolute Gasteiger partial charge is 0.326 e. The van der Waals surface area contributed by atoms with E-state index in [1.54, 1.807) is 18.3 Å². The number of nitrogens with two attached hydrogens (primary N) is 2. The summed E-state index contributed by atoms with van der Waals surface area (Å²) >= 11 is 0. The zero-order valence-corrected chi connectivity index (χ0v) is 19.3. The summed E-state index contributed by atoms with van der Waals surface area (Å²) in [5.41, 5.74) is 13.7. The van der Waals surface area contributed by atoms with E-state index in [0.717, 1.165) is 5.69 Å². The number of hydrogen-bond donors (Lipinski definition) is 6. The third kappa shape index (κ3) is 8.42. The number of fused-ring (bicyclic) bond motifs is 1. The number of aliphatic carboxylic acids is 2. The van der Waals surface area contributed by atoms with Crippen LogP contribution in [-0.4, -0.2) is 71.4 Å². The number of carbonyl (C=O) groups excluding carboxylic acids is 1. The van der Waals surface area contributed by atoms with Crippen LogP contribution in [0.1, 0.15) is 28.9 Å². The lowest BCUT2D eigenvalue weighted by atomic mass is 10.1. The van der Waals surface area contributed by atoms with Crippen molar-refractivity contribution in [1.82, 2.24) is 25.3 Å². The molecule has 3 rings (SSSR count). The van der Waals surface area contributed by atoms with Gasteiger partial charge in [-0.15, -0.1) is 10.1 Å². The number of nitrogens with one attached hydrogen (secondary N) is 1. The molecule has 0 aliphatic heterocycles. The number of carbonyl (C=O) groups is 3. The minimum absolute atomic E-state index is 0.0138. The van der Waals surface area contributed by atoms with Crippen molar-refractivity contribution < 1.29 is 34.9 Å². The van der Waals surface area contributed by atoms with Gasteiger partial charge in [0.1, 0.15) is 6.04 Å². The van der Waals surface area contributed by atoms with Crippen molar-refractivity contribution in [2.24, 2.45) is 0 Å². The number of nitrogen functional groups attached to an aromatic ring is 2. The third-order valence-electron chi connectivity index (χ3n) is 4.72. The van der Waals surface area contributed by atoms with Gasteiger partial charge in [-0.3, -0.25) is 9.59 Å². The molecule has 17 heteroatoms. The summed E-state index contributed by atoms with van der Waals surface area (Å²) < 4.78 is 0. The van der Waals surface area contributed by atoms with E-state index in [0.29, 0.717) is 23.4 Å². The number of aromatic nitrogens is 4. The molecule has 17 nitrogen and oxygen atoms in total. The number of amides is 1. The molecule has 2 heterocycles. The maximum atomic E-state index is 12.4. The molecule has 37 heavy (non-hydrogen) atoms. The molecular formula is C20H23N9O8. The first-order valence-corrected chi connectivity index (χ1v) is 10.3. The Morgan fingerprint density at radius 1 is 1.14 bits per heavy atom. The van der Waals surface area contributed by atoms with Gasteiger partial charge in [-0.1, -0.05) is 0 Å². The van der Waals surface area contributed by atoms with E-state index in [4.69, 9.17) is 31.9 Å². The number of rotatable bonds is 9. The van der Waals surface area contributed by atoms with Crippen molar-refractivity contribution >= 4 is 46.5 Å². The van der Waals surface area contributed by atoms with Crippen LogP contribution in [0.3, 0.4) is 0 Å². The van der Waals surface area contributed by atoms with Crippen LogP contribution in [0.5, 0.6) is 0 Å². The Balaban J connectivity index is 0.00000112. The fourth-order valence-corrected chi connectivity index (χ4v) is 3.03. The molecule has 1 aromatic carbocycles. The summed E-state index contributed by atoms with van der Waals surface area (Å²) in [5.74, 6) is -2.91. The summed E-state index contributed by atoms with van der Waals surface area (Å²) in [6, 6.07) is 5.16. The largest absolute Gasteiger partial charge is 0.481 e. The van der Waals surface area contributed by atoms with E-state index < -0.39 is 29.0 Å². The second-order valence-electron chi connectivity index (χ2n) is 7.44. The fourth-order valence-electron chi connectivity index (χ4n) is 3.03. The van der Waals surface area contributed by atoms with Crippen LogP contribution in [0.2, 0.25) is 0 Å². The average Bonchev–Trinajstić information content (AvgIpc) is 2.81. The highest BCUT2D eigenvalue weighted by Crippen LogP contribution is 2.19. The molecule has 0 aliphatic rings. The Labute approximate surface area is 207 Å². The maximum absolute atomic E-state index is 12.4. The molecular weight excluding hydrogens is 494 g/mol. The summed E-state index contributed by atoms with van der Waals surface area (Å²) in [7, 11) is 1.82. The predicted octanol–water partition coefficient (Wildman–Crippen LogP) is -0.0793. The minimum Gasteiger partial charge on any atom is -0.481 e. The first kappa shape index (κ1) is 27.9. The van der Waals surface area contributed by atoms with Crippen LogP contribution < -0.4 is 21.7 Å². The quantitative estimate of drug-likeness (QED) is 0.160. The van der Waals surface area contributed by atoms with E-state index in [1.807, 2.05) is 11.9 Å². The van der Waals surface area contributed by atoms with Crippen molar-refractivity contribution in [1.29, 1.82) is 0 Å². The SMILES string of the molecule is CN(Cc1cnc2nc(N)nc(N)c2n1)c1ccc(C(=O)N[C@@H](CCC(=O)O)C(=O)O)cc1.O=[N+]([O-])O. The monoisotopic (exact) mass is 517 g/mol. The number of anilines is 3. The van der Waals surface area contributed by atoms with Gasteiger partial charge in [0, 0.05) is 24.7 Å². The lowest BCUT2D eigenvalue weighted by Crippen LogP contribution is -2.41. The zero-order chi connectivity index (χ0) is 27.7. The fraction of sp³-hybridized carbons (Fsp3) is 0.250. The van der Waals surface area contributed by atoms with Gasteiger partial charge in [0.2, 0.25) is 5.95 Å². The van der Waals surface area contributed by atoms with Crippen molar-refractivity contribution in [3.63, 3.8) is 0 Å². The van der Waals surface area contributed by atoms with E-state index in [9.17, 15) is 19.5 Å². The van der Waals surface area contributed by atoms with Crippen LogP contribution >= 0.6 is 0 Å². The first-order valence-electron chi connectivity index (χ1n) is 10.3. The van der Waals surface area contributed by atoms with Gasteiger partial charge in [0.25, 0.3) is 11.0 Å². The molecule has 3 aromatic rings. The lowest BCUT2D eigenvalue weighted by molar-refractivity contribution is -0.742. The van der Waals surface area contributed by atoms with Gasteiger partial charge in [-0.05, 0) is 30.7 Å². The standard InChI is InChI=1S/C20H22N8O5.HNO3/c1-28(9-11-8-23-17-15(24-11)16(21)26-20(22)27-17)12-4-2-10(3-5-12)18(31)25-13(19(32)33)6-7-14(29)30;2-1(3)4/h2-5,8,13H,6-7,9H2,1H3,(H,25,31)(H,29,30)(H,32,33)(H4,21,22,23,26,27);(H,2,3,4)/t13-;/m0./s1. The Kier molecular flexibility index (Phi) is 9.33. The van der Waals surface area contributed by atoms with Gasteiger partial charge in [-0.25, -0.2) is 14.8 Å². The van der Waals surface area contributed by atoms with Crippen LogP contribution in [0.25, 0.3) is 11.2 Å². The predicted molar refractivity (Wildman–Crippen MR) is 127 cm³/mol. The number of benzene rings is 1. The van der Waals surface area contributed by atoms with Gasteiger partial charge >= 0.3 is 11.9 Å². The molecule has 0 fully saturated rings. The normalized spacial score (nSPS) is 11.1. The molecule has 0 aliphatic carbocycles. The van der Waals surface area contributed by atoms with Crippen molar-refractivity contribution in [2.45, 2.75) is 25.4 Å². The Bertz CT molecular complexity index is 1300. The molecule has 2 aromatic heterocycles. The van der Waals surface area contributed by atoms with Crippen LogP contribution in [0.4, 0.5) is 17.5 Å². The second-order valence-corrected chi connectivity index (χ2v) is 7.44. The topological polar surface area (TPSA) is 274 Å². The van der Waals surface area contributed by atoms with Gasteiger partial charge in [-0.2, -0.15) is 9.97 Å². The van der Waals surface area contributed by atoms with E-state index in [2.05, 4.69) is 25.3 Å². The lowest BCUT2D eigenvalue weighted by Gasteiger charge is -2.19. The Morgan fingerprint density at radius 2 is 1.76 bits per heavy atom. The summed E-state index contributed by atoms with van der Waals surface area (Å²) in [6.45, 7) is 0.370. The van der Waals surface area contributed by atoms with Crippen molar-refractivity contribution in [3.05, 3.63) is 51.8 Å². The second kappa shape index (κ2) is 12.4. The summed E-state index contributed by atoms with van der Waals surface area (Å²) in [6.07, 6.45) is 0.964. The van der Waals surface area contributed by atoms with Crippen molar-refractivity contribution in [3.8, 4) is 0 Å². The average molecular weight is 517 g/mol. The van der Waals surface area contributed by atoms with Crippen molar-refractivity contribution in [2.75, 3.05) is 23.4 Å². The van der Waals surface area contributed by atoms with Gasteiger partial charge in [0.05, 0.1) is 18.4 Å². The van der Waals surface area contributed by atoms with E-state index in [-0.39, 0.29) is 30.2 Å². The molecule has 0 unspecified atom stereocenters. The van der Waals surface area contributed by atoms with Crippen LogP contribution in [0.15, 0.2) is 30.5 Å². The summed E-state index contributed by atoms with van der Waals surface area (Å²) in [4.78, 5) is 61.1. The van der Waals surface area contributed by atoms with Gasteiger partial charge < -0.3 is 37.1 Å². The Hall–Kier alpha value is -5.35. The van der Waals surface area contributed by atoms with Crippen LogP contribution in [0, 0.1) is 10.1 Å². The molecule has 0 spiro atoms. The Morgan fingerprint density at radius 3 is 2.32 bits per heavy atom. The number of nitrogens with zero attached hydrogens (tertiary/aromatic N) is 6. The minimum atomic E-state index is -1.50. The maximum Gasteiger partial charge on any atom is 0.326 e. The molecule has 0 radical (unpaired) electrons. The first-order chi connectivity index (χ1) is 17.4. The number of carboxylic acids is 2. The molecule has 0 saturated heterocycles. The van der Waals surface area contributed by atoms with E-state index >= 15 is 0 Å². The molecule has 0 saturated carbocycles.